The molecule has 1 atom stereocenters. The first-order valence-corrected chi connectivity index (χ1v) is 7.71. The van der Waals surface area contributed by atoms with Crippen LogP contribution in [0.1, 0.15) is 31.4 Å². The second-order valence-corrected chi connectivity index (χ2v) is 6.26. The van der Waals surface area contributed by atoms with Crippen molar-refractivity contribution in [1.29, 1.82) is 0 Å². The van der Waals surface area contributed by atoms with E-state index in [0.29, 0.717) is 32.6 Å². The van der Waals surface area contributed by atoms with E-state index in [-0.39, 0.29) is 24.4 Å². The van der Waals surface area contributed by atoms with Crippen LogP contribution in [-0.2, 0) is 9.53 Å². The molecule has 0 saturated carbocycles. The number of ether oxygens (including phenoxy) is 1. The molecule has 21 heavy (non-hydrogen) atoms. The Bertz CT molecular complexity index is 461. The standard InChI is InChI=1S/C15H21BrN2O2.ClH/c1-11(12-2-4-13(16)5-3-12)18-14(19)15(10-17)6-8-20-9-7-15;/h2-5,11H,6-10,17H2,1H3,(H,18,19);1H. The Balaban J connectivity index is 0.00000220. The van der Waals surface area contributed by atoms with Crippen molar-refractivity contribution in [1.82, 2.24) is 5.32 Å². The molecule has 0 bridgehead atoms. The summed E-state index contributed by atoms with van der Waals surface area (Å²) in [6.45, 7) is 3.58. The van der Waals surface area contributed by atoms with E-state index in [0.717, 1.165) is 10.0 Å². The van der Waals surface area contributed by atoms with Crippen LogP contribution in [0.2, 0.25) is 0 Å². The van der Waals surface area contributed by atoms with Gasteiger partial charge in [-0.1, -0.05) is 28.1 Å². The Hall–Kier alpha value is -0.620. The average Bonchev–Trinajstić information content (AvgIpc) is 2.48. The van der Waals surface area contributed by atoms with Gasteiger partial charge in [0.25, 0.3) is 0 Å². The number of carbonyl (C=O) groups is 1. The van der Waals surface area contributed by atoms with Gasteiger partial charge in [-0.25, -0.2) is 0 Å². The maximum absolute atomic E-state index is 12.5. The monoisotopic (exact) mass is 376 g/mol. The number of nitrogens with one attached hydrogen (secondary N) is 1. The molecule has 2 rings (SSSR count). The summed E-state index contributed by atoms with van der Waals surface area (Å²) < 4.78 is 6.37. The van der Waals surface area contributed by atoms with Gasteiger partial charge in [0.15, 0.2) is 0 Å². The minimum atomic E-state index is -0.470. The molecule has 1 aromatic carbocycles. The second-order valence-electron chi connectivity index (χ2n) is 5.34. The van der Waals surface area contributed by atoms with Gasteiger partial charge in [0.2, 0.25) is 5.91 Å². The Labute approximate surface area is 140 Å². The third-order valence-electron chi connectivity index (χ3n) is 4.04. The number of nitrogens with two attached hydrogens (primary N) is 1. The van der Waals surface area contributed by atoms with E-state index >= 15 is 0 Å². The predicted molar refractivity (Wildman–Crippen MR) is 89.5 cm³/mol. The van der Waals surface area contributed by atoms with Gasteiger partial charge in [0, 0.05) is 24.2 Å². The van der Waals surface area contributed by atoms with E-state index in [1.165, 1.54) is 0 Å². The first kappa shape index (κ1) is 18.4. The first-order valence-electron chi connectivity index (χ1n) is 6.92. The summed E-state index contributed by atoms with van der Waals surface area (Å²) in [5.74, 6) is 0.0405. The lowest BCUT2D eigenvalue weighted by molar-refractivity contribution is -0.136. The lowest BCUT2D eigenvalue weighted by Crippen LogP contribution is -2.49. The summed E-state index contributed by atoms with van der Waals surface area (Å²) in [6, 6.07) is 7.94. The van der Waals surface area contributed by atoms with Crippen molar-refractivity contribution in [3.63, 3.8) is 0 Å². The molecule has 1 heterocycles. The summed E-state index contributed by atoms with van der Waals surface area (Å²) in [7, 11) is 0. The molecule has 6 heteroatoms. The smallest absolute Gasteiger partial charge is 0.228 e. The summed E-state index contributed by atoms with van der Waals surface area (Å²) in [5, 5.41) is 3.09. The number of carbonyl (C=O) groups excluding carboxylic acids is 1. The number of halogens is 2. The Morgan fingerprint density at radius 3 is 2.48 bits per heavy atom. The van der Waals surface area contributed by atoms with Crippen molar-refractivity contribution in [2.24, 2.45) is 11.1 Å². The summed E-state index contributed by atoms with van der Waals surface area (Å²) in [6.07, 6.45) is 1.39. The Morgan fingerprint density at radius 2 is 1.95 bits per heavy atom. The zero-order valence-electron chi connectivity index (χ0n) is 12.1. The molecule has 4 nitrogen and oxygen atoms in total. The van der Waals surface area contributed by atoms with Crippen molar-refractivity contribution < 1.29 is 9.53 Å². The molecular formula is C15H22BrClN2O2. The summed E-state index contributed by atoms with van der Waals surface area (Å²) in [5.41, 5.74) is 6.46. The molecular weight excluding hydrogens is 356 g/mol. The predicted octanol–water partition coefficient (Wildman–Crippen LogP) is 2.80. The fourth-order valence-electron chi connectivity index (χ4n) is 2.47. The number of hydrogen-bond acceptors (Lipinski definition) is 3. The molecule has 1 unspecified atom stereocenters. The molecule has 0 radical (unpaired) electrons. The third kappa shape index (κ3) is 4.42. The van der Waals surface area contributed by atoms with E-state index in [4.69, 9.17) is 10.5 Å². The van der Waals surface area contributed by atoms with Gasteiger partial charge in [0.05, 0.1) is 11.5 Å². The van der Waals surface area contributed by atoms with Crippen LogP contribution < -0.4 is 11.1 Å². The van der Waals surface area contributed by atoms with E-state index in [2.05, 4.69) is 21.2 Å². The highest BCUT2D eigenvalue weighted by Crippen LogP contribution is 2.30. The topological polar surface area (TPSA) is 64.4 Å². The molecule has 1 fully saturated rings. The number of amides is 1. The molecule has 1 amide bonds. The van der Waals surface area contributed by atoms with Gasteiger partial charge in [-0.2, -0.15) is 0 Å². The molecule has 1 saturated heterocycles. The lowest BCUT2D eigenvalue weighted by Gasteiger charge is -2.35. The molecule has 0 aromatic heterocycles. The van der Waals surface area contributed by atoms with Gasteiger partial charge in [-0.15, -0.1) is 12.4 Å². The minimum absolute atomic E-state index is 0. The van der Waals surface area contributed by atoms with Crippen molar-refractivity contribution in [2.75, 3.05) is 19.8 Å². The highest BCUT2D eigenvalue weighted by molar-refractivity contribution is 9.10. The van der Waals surface area contributed by atoms with Crippen LogP contribution in [0.25, 0.3) is 0 Å². The lowest BCUT2D eigenvalue weighted by atomic mass is 9.79. The maximum atomic E-state index is 12.5. The van der Waals surface area contributed by atoms with Crippen LogP contribution in [-0.4, -0.2) is 25.7 Å². The molecule has 1 aliphatic heterocycles. The van der Waals surface area contributed by atoms with Gasteiger partial charge in [-0.3, -0.25) is 4.79 Å². The highest BCUT2D eigenvalue weighted by Gasteiger charge is 2.39. The van der Waals surface area contributed by atoms with Gasteiger partial charge >= 0.3 is 0 Å². The maximum Gasteiger partial charge on any atom is 0.228 e. The van der Waals surface area contributed by atoms with E-state index < -0.39 is 5.41 Å². The Kier molecular flexibility index (Phi) is 7.13. The van der Waals surface area contributed by atoms with Crippen molar-refractivity contribution in [3.05, 3.63) is 34.3 Å². The third-order valence-corrected chi connectivity index (χ3v) is 4.57. The number of rotatable bonds is 4. The SMILES string of the molecule is CC(NC(=O)C1(CN)CCOCC1)c1ccc(Br)cc1.Cl. The van der Waals surface area contributed by atoms with Crippen LogP contribution in [0.3, 0.4) is 0 Å². The van der Waals surface area contributed by atoms with Crippen LogP contribution >= 0.6 is 28.3 Å². The second kappa shape index (κ2) is 8.13. The van der Waals surface area contributed by atoms with Crippen LogP contribution in [0, 0.1) is 5.41 Å². The van der Waals surface area contributed by atoms with Crippen molar-refractivity contribution >= 4 is 34.2 Å². The average molecular weight is 378 g/mol. The number of benzene rings is 1. The van der Waals surface area contributed by atoms with Gasteiger partial charge < -0.3 is 15.8 Å². The largest absolute Gasteiger partial charge is 0.381 e. The first-order chi connectivity index (χ1) is 9.57. The Morgan fingerprint density at radius 1 is 1.38 bits per heavy atom. The van der Waals surface area contributed by atoms with Gasteiger partial charge in [0.1, 0.15) is 0 Å². The summed E-state index contributed by atoms with van der Waals surface area (Å²) in [4.78, 5) is 12.5. The zero-order chi connectivity index (χ0) is 14.6. The molecule has 1 aliphatic rings. The van der Waals surface area contributed by atoms with E-state index in [9.17, 15) is 4.79 Å². The quantitative estimate of drug-likeness (QED) is 0.848. The molecule has 1 aromatic rings. The van der Waals surface area contributed by atoms with E-state index in [1.54, 1.807) is 0 Å². The molecule has 118 valence electrons. The zero-order valence-corrected chi connectivity index (χ0v) is 14.5. The molecule has 0 aliphatic carbocycles. The van der Waals surface area contributed by atoms with Crippen LogP contribution in [0.15, 0.2) is 28.7 Å². The van der Waals surface area contributed by atoms with E-state index in [1.807, 2.05) is 31.2 Å². The number of hydrogen-bond donors (Lipinski definition) is 2. The molecule has 0 spiro atoms. The van der Waals surface area contributed by atoms with Gasteiger partial charge in [-0.05, 0) is 37.5 Å². The highest BCUT2D eigenvalue weighted by atomic mass is 79.9. The molecule has 3 N–H and O–H groups in total. The van der Waals surface area contributed by atoms with Crippen molar-refractivity contribution in [2.45, 2.75) is 25.8 Å². The van der Waals surface area contributed by atoms with Crippen molar-refractivity contribution in [3.8, 4) is 0 Å². The summed E-state index contributed by atoms with van der Waals surface area (Å²) >= 11 is 3.41. The minimum Gasteiger partial charge on any atom is -0.381 e. The fourth-order valence-corrected chi connectivity index (χ4v) is 2.73. The van der Waals surface area contributed by atoms with Crippen LogP contribution in [0.5, 0.6) is 0 Å². The fraction of sp³-hybridized carbons (Fsp3) is 0.533. The van der Waals surface area contributed by atoms with Crippen LogP contribution in [0.4, 0.5) is 0 Å². The normalized spacial score (nSPS) is 18.4.